The highest BCUT2D eigenvalue weighted by Crippen LogP contribution is 2.02. The number of aliphatic carboxylic acids is 1. The molecule has 0 amide bonds. The lowest BCUT2D eigenvalue weighted by Gasteiger charge is -2.02. The van der Waals surface area contributed by atoms with Gasteiger partial charge in [-0.2, -0.15) is 5.26 Å². The highest BCUT2D eigenvalue weighted by molar-refractivity contribution is 7.89. The van der Waals surface area contributed by atoms with E-state index in [2.05, 4.69) is 4.72 Å². The average Bonchev–Trinajstić information content (AvgIpc) is 2.15. The van der Waals surface area contributed by atoms with E-state index >= 15 is 0 Å². The third-order valence-electron chi connectivity index (χ3n) is 1.89. The number of carboxylic acids is 1. The van der Waals surface area contributed by atoms with Crippen LogP contribution in [-0.4, -0.2) is 31.8 Å². The molecule has 92 valence electrons. The van der Waals surface area contributed by atoms with Crippen LogP contribution in [0.5, 0.6) is 0 Å². The lowest BCUT2D eigenvalue weighted by atomic mass is 10.1. The van der Waals surface area contributed by atoms with Crippen LogP contribution in [0.25, 0.3) is 0 Å². The number of sulfonamides is 1. The number of nitrogens with zero attached hydrogens (tertiary/aromatic N) is 1. The molecule has 0 aromatic heterocycles. The largest absolute Gasteiger partial charge is 0.481 e. The fourth-order valence-electron chi connectivity index (χ4n) is 1.12. The van der Waals surface area contributed by atoms with Crippen molar-refractivity contribution in [3.05, 3.63) is 0 Å². The molecule has 0 atom stereocenters. The van der Waals surface area contributed by atoms with Gasteiger partial charge in [-0.3, -0.25) is 4.79 Å². The lowest BCUT2D eigenvalue weighted by Crippen LogP contribution is -2.26. The first-order valence-corrected chi connectivity index (χ1v) is 6.69. The molecule has 0 unspecified atom stereocenters. The molecule has 16 heavy (non-hydrogen) atoms. The second kappa shape index (κ2) is 8.07. The Labute approximate surface area is 95.3 Å². The van der Waals surface area contributed by atoms with Crippen LogP contribution in [0.2, 0.25) is 0 Å². The summed E-state index contributed by atoms with van der Waals surface area (Å²) in [4.78, 5) is 10.2. The Morgan fingerprint density at radius 3 is 2.44 bits per heavy atom. The number of nitriles is 1. The quantitative estimate of drug-likeness (QED) is 0.576. The van der Waals surface area contributed by atoms with Crippen LogP contribution in [0, 0.1) is 11.3 Å². The summed E-state index contributed by atoms with van der Waals surface area (Å²) in [6.45, 7) is 0.303. The van der Waals surface area contributed by atoms with Crippen molar-refractivity contribution in [1.82, 2.24) is 4.72 Å². The fraction of sp³-hybridized carbons (Fsp3) is 0.778. The summed E-state index contributed by atoms with van der Waals surface area (Å²) in [6.07, 6.45) is 2.97. The highest BCUT2D eigenvalue weighted by Gasteiger charge is 2.07. The van der Waals surface area contributed by atoms with Gasteiger partial charge in [-0.15, -0.1) is 0 Å². The third kappa shape index (κ3) is 9.43. The SMILES string of the molecule is N#CCS(=O)(=O)NCCCCCCC(=O)O. The standard InChI is InChI=1S/C9H16N2O4S/c10-6-8-16(14,15)11-7-4-2-1-3-5-9(12)13/h11H,1-5,7-8H2,(H,12,13). The van der Waals surface area contributed by atoms with Gasteiger partial charge >= 0.3 is 5.97 Å². The van der Waals surface area contributed by atoms with Gasteiger partial charge in [0.1, 0.15) is 0 Å². The molecule has 0 saturated carbocycles. The van der Waals surface area contributed by atoms with Crippen LogP contribution in [-0.2, 0) is 14.8 Å². The molecule has 0 bridgehead atoms. The van der Waals surface area contributed by atoms with E-state index in [0.29, 0.717) is 19.4 Å². The molecular weight excluding hydrogens is 232 g/mol. The van der Waals surface area contributed by atoms with Gasteiger partial charge in [0.2, 0.25) is 10.0 Å². The second-order valence-corrected chi connectivity index (χ2v) is 5.18. The van der Waals surface area contributed by atoms with Gasteiger partial charge in [-0.05, 0) is 12.8 Å². The minimum absolute atomic E-state index is 0.153. The van der Waals surface area contributed by atoms with Crippen molar-refractivity contribution in [2.45, 2.75) is 32.1 Å². The zero-order valence-electron chi connectivity index (χ0n) is 8.98. The van der Waals surface area contributed by atoms with E-state index in [1.807, 2.05) is 0 Å². The van der Waals surface area contributed by atoms with Crippen LogP contribution in [0.15, 0.2) is 0 Å². The molecule has 0 fully saturated rings. The monoisotopic (exact) mass is 248 g/mol. The highest BCUT2D eigenvalue weighted by atomic mass is 32.2. The summed E-state index contributed by atoms with van der Waals surface area (Å²) < 4.78 is 24.3. The Morgan fingerprint density at radius 2 is 1.88 bits per heavy atom. The Kier molecular flexibility index (Phi) is 7.50. The van der Waals surface area contributed by atoms with Crippen molar-refractivity contribution < 1.29 is 18.3 Å². The van der Waals surface area contributed by atoms with E-state index in [1.54, 1.807) is 6.07 Å². The molecular formula is C9H16N2O4S. The molecule has 0 aliphatic rings. The molecule has 7 heteroatoms. The maximum absolute atomic E-state index is 11.0. The van der Waals surface area contributed by atoms with Gasteiger partial charge in [-0.1, -0.05) is 12.8 Å². The minimum Gasteiger partial charge on any atom is -0.481 e. The van der Waals surface area contributed by atoms with E-state index < -0.39 is 21.7 Å². The number of hydrogen-bond acceptors (Lipinski definition) is 4. The zero-order chi connectivity index (χ0) is 12.4. The van der Waals surface area contributed by atoms with Crippen LogP contribution in [0.1, 0.15) is 32.1 Å². The second-order valence-electron chi connectivity index (χ2n) is 3.37. The van der Waals surface area contributed by atoms with Crippen LogP contribution in [0.3, 0.4) is 0 Å². The molecule has 0 heterocycles. The maximum atomic E-state index is 11.0. The molecule has 0 aromatic carbocycles. The third-order valence-corrected chi connectivity index (χ3v) is 3.05. The van der Waals surface area contributed by atoms with E-state index in [-0.39, 0.29) is 6.42 Å². The smallest absolute Gasteiger partial charge is 0.303 e. The van der Waals surface area contributed by atoms with Gasteiger partial charge < -0.3 is 5.11 Å². The maximum Gasteiger partial charge on any atom is 0.303 e. The number of hydrogen-bond donors (Lipinski definition) is 2. The van der Waals surface area contributed by atoms with Crippen molar-refractivity contribution in [1.29, 1.82) is 5.26 Å². The Hall–Kier alpha value is -1.13. The predicted octanol–water partition coefficient (Wildman–Crippen LogP) is 0.464. The summed E-state index contributed by atoms with van der Waals surface area (Å²) >= 11 is 0. The summed E-state index contributed by atoms with van der Waals surface area (Å²) in [5.41, 5.74) is 0. The first-order valence-electron chi connectivity index (χ1n) is 5.04. The predicted molar refractivity (Wildman–Crippen MR) is 58.1 cm³/mol. The van der Waals surface area contributed by atoms with Crippen molar-refractivity contribution in [2.75, 3.05) is 12.3 Å². The first-order chi connectivity index (χ1) is 7.48. The molecule has 2 N–H and O–H groups in total. The molecule has 0 aliphatic heterocycles. The average molecular weight is 248 g/mol. The molecule has 0 spiro atoms. The van der Waals surface area contributed by atoms with Crippen LogP contribution < -0.4 is 4.72 Å². The van der Waals surface area contributed by atoms with Gasteiger partial charge in [0.15, 0.2) is 5.75 Å². The lowest BCUT2D eigenvalue weighted by molar-refractivity contribution is -0.137. The summed E-state index contributed by atoms with van der Waals surface area (Å²) in [7, 11) is -3.44. The van der Waals surface area contributed by atoms with Crippen LogP contribution in [0.4, 0.5) is 0 Å². The van der Waals surface area contributed by atoms with Gasteiger partial charge in [0, 0.05) is 13.0 Å². The summed E-state index contributed by atoms with van der Waals surface area (Å²) in [5.74, 6) is -1.33. The normalized spacial score (nSPS) is 10.9. The fourth-order valence-corrected chi connectivity index (χ4v) is 1.85. The number of unbranched alkanes of at least 4 members (excludes halogenated alkanes) is 3. The topological polar surface area (TPSA) is 107 Å². The minimum atomic E-state index is -3.44. The number of carbonyl (C=O) groups is 1. The van der Waals surface area contributed by atoms with Gasteiger partial charge in [-0.25, -0.2) is 13.1 Å². The Morgan fingerprint density at radius 1 is 1.25 bits per heavy atom. The van der Waals surface area contributed by atoms with Crippen LogP contribution >= 0.6 is 0 Å². The van der Waals surface area contributed by atoms with E-state index in [9.17, 15) is 13.2 Å². The van der Waals surface area contributed by atoms with E-state index in [4.69, 9.17) is 10.4 Å². The molecule has 0 aliphatic carbocycles. The van der Waals surface area contributed by atoms with Crippen molar-refractivity contribution in [2.24, 2.45) is 0 Å². The zero-order valence-corrected chi connectivity index (χ0v) is 9.79. The first kappa shape index (κ1) is 14.9. The Bertz CT molecular complexity index is 345. The summed E-state index contributed by atoms with van der Waals surface area (Å²) in [6, 6.07) is 1.57. The van der Waals surface area contributed by atoms with Gasteiger partial charge in [0.05, 0.1) is 6.07 Å². The van der Waals surface area contributed by atoms with Gasteiger partial charge in [0.25, 0.3) is 0 Å². The number of rotatable bonds is 9. The molecule has 6 nitrogen and oxygen atoms in total. The van der Waals surface area contributed by atoms with E-state index in [0.717, 1.165) is 12.8 Å². The molecule has 0 radical (unpaired) electrons. The molecule has 0 saturated heterocycles. The van der Waals surface area contributed by atoms with E-state index in [1.165, 1.54) is 0 Å². The summed E-state index contributed by atoms with van der Waals surface area (Å²) in [5, 5.41) is 16.6. The molecule has 0 aromatic rings. The number of nitrogens with one attached hydrogen (secondary N) is 1. The Balaban J connectivity index is 3.41. The number of carboxylic acid groups (broad SMARTS) is 1. The van der Waals surface area contributed by atoms with Crippen molar-refractivity contribution in [3.63, 3.8) is 0 Å². The van der Waals surface area contributed by atoms with Crippen molar-refractivity contribution >= 4 is 16.0 Å². The molecule has 0 rings (SSSR count). The van der Waals surface area contributed by atoms with Crippen molar-refractivity contribution in [3.8, 4) is 6.07 Å².